The lowest BCUT2D eigenvalue weighted by Gasteiger charge is -2.31. The van der Waals surface area contributed by atoms with Gasteiger partial charge in [-0.05, 0) is 37.5 Å². The molecule has 0 bridgehead atoms. The molecular weight excluding hydrogens is 420 g/mol. The van der Waals surface area contributed by atoms with E-state index in [4.69, 9.17) is 16.3 Å². The number of amides is 2. The van der Waals surface area contributed by atoms with Crippen LogP contribution in [0.3, 0.4) is 0 Å². The number of esters is 1. The Morgan fingerprint density at radius 1 is 1.19 bits per heavy atom. The first-order valence-corrected chi connectivity index (χ1v) is 10.9. The summed E-state index contributed by atoms with van der Waals surface area (Å²) in [7, 11) is 0. The average Bonchev–Trinajstić information content (AvgIpc) is 3.22. The van der Waals surface area contributed by atoms with Crippen molar-refractivity contribution in [2.75, 3.05) is 26.2 Å². The molecule has 4 rings (SSSR count). The number of halogens is 1. The Bertz CT molecular complexity index is 988. The van der Waals surface area contributed by atoms with Gasteiger partial charge in [0.15, 0.2) is 5.69 Å². The molecule has 1 aromatic carbocycles. The van der Waals surface area contributed by atoms with E-state index in [0.29, 0.717) is 56.5 Å². The van der Waals surface area contributed by atoms with Crippen molar-refractivity contribution in [3.8, 4) is 0 Å². The maximum Gasteiger partial charge on any atom is 0.310 e. The molecule has 1 saturated heterocycles. The number of hydrogen-bond acceptors (Lipinski definition) is 5. The van der Waals surface area contributed by atoms with Gasteiger partial charge in [0.1, 0.15) is 5.69 Å². The van der Waals surface area contributed by atoms with Gasteiger partial charge in [-0.15, -0.1) is 0 Å². The minimum Gasteiger partial charge on any atom is -0.466 e. The summed E-state index contributed by atoms with van der Waals surface area (Å²) >= 11 is 5.93. The SMILES string of the molecule is CCOC(=O)[C@H]1CCCN(C(=O)c2cc3n(n2)CCN(Cc2ccc(Cl)cc2)C3=O)C1. The van der Waals surface area contributed by atoms with Gasteiger partial charge in [0.2, 0.25) is 0 Å². The van der Waals surface area contributed by atoms with Gasteiger partial charge in [0, 0.05) is 37.3 Å². The van der Waals surface area contributed by atoms with Gasteiger partial charge in [0.25, 0.3) is 11.8 Å². The van der Waals surface area contributed by atoms with Gasteiger partial charge in [-0.1, -0.05) is 23.7 Å². The quantitative estimate of drug-likeness (QED) is 0.662. The summed E-state index contributed by atoms with van der Waals surface area (Å²) in [5.41, 5.74) is 1.63. The first-order chi connectivity index (χ1) is 15.0. The molecule has 0 saturated carbocycles. The number of nitrogens with zero attached hydrogens (tertiary/aromatic N) is 4. The monoisotopic (exact) mass is 444 g/mol. The average molecular weight is 445 g/mol. The van der Waals surface area contributed by atoms with Crippen molar-refractivity contribution in [2.45, 2.75) is 32.9 Å². The summed E-state index contributed by atoms with van der Waals surface area (Å²) in [5, 5.41) is 5.03. The fourth-order valence-corrected chi connectivity index (χ4v) is 4.21. The third kappa shape index (κ3) is 4.58. The third-order valence-corrected chi connectivity index (χ3v) is 5.95. The van der Waals surface area contributed by atoms with Crippen LogP contribution in [0.5, 0.6) is 0 Å². The highest BCUT2D eigenvalue weighted by molar-refractivity contribution is 6.30. The molecule has 9 heteroatoms. The van der Waals surface area contributed by atoms with E-state index in [1.807, 2.05) is 12.1 Å². The number of likely N-dealkylation sites (tertiary alicyclic amines) is 1. The normalized spacial score (nSPS) is 18.6. The van der Waals surface area contributed by atoms with E-state index in [0.717, 1.165) is 12.0 Å². The van der Waals surface area contributed by atoms with Crippen molar-refractivity contribution in [3.63, 3.8) is 0 Å². The van der Waals surface area contributed by atoms with E-state index in [1.54, 1.807) is 39.6 Å². The van der Waals surface area contributed by atoms with Crippen LogP contribution in [0.2, 0.25) is 5.02 Å². The van der Waals surface area contributed by atoms with E-state index >= 15 is 0 Å². The van der Waals surface area contributed by atoms with Crippen molar-refractivity contribution in [1.29, 1.82) is 0 Å². The van der Waals surface area contributed by atoms with E-state index in [9.17, 15) is 14.4 Å². The van der Waals surface area contributed by atoms with Crippen LogP contribution in [-0.2, 0) is 22.6 Å². The highest BCUT2D eigenvalue weighted by atomic mass is 35.5. The molecule has 1 aromatic heterocycles. The third-order valence-electron chi connectivity index (χ3n) is 5.70. The molecule has 0 radical (unpaired) electrons. The number of rotatable bonds is 5. The summed E-state index contributed by atoms with van der Waals surface area (Å²) in [6.45, 7) is 4.48. The molecule has 2 amide bonds. The molecule has 2 aliphatic rings. The van der Waals surface area contributed by atoms with E-state index in [1.165, 1.54) is 0 Å². The molecule has 0 unspecified atom stereocenters. The molecule has 0 spiro atoms. The smallest absolute Gasteiger partial charge is 0.310 e. The summed E-state index contributed by atoms with van der Waals surface area (Å²) in [6, 6.07) is 8.95. The zero-order valence-corrected chi connectivity index (χ0v) is 18.2. The van der Waals surface area contributed by atoms with Crippen LogP contribution in [0.1, 0.15) is 46.3 Å². The van der Waals surface area contributed by atoms with Crippen molar-refractivity contribution >= 4 is 29.4 Å². The number of piperidine rings is 1. The number of carbonyl (C=O) groups is 3. The Morgan fingerprint density at radius 3 is 2.71 bits per heavy atom. The highest BCUT2D eigenvalue weighted by Crippen LogP contribution is 2.22. The Morgan fingerprint density at radius 2 is 1.97 bits per heavy atom. The van der Waals surface area contributed by atoms with Crippen molar-refractivity contribution in [1.82, 2.24) is 19.6 Å². The maximum absolute atomic E-state index is 13.0. The number of fused-ring (bicyclic) bond motifs is 1. The molecular formula is C22H25ClN4O4. The summed E-state index contributed by atoms with van der Waals surface area (Å²) in [5.74, 6) is -0.993. The van der Waals surface area contributed by atoms with Crippen LogP contribution in [0.25, 0.3) is 0 Å². The van der Waals surface area contributed by atoms with Crippen molar-refractivity contribution in [2.24, 2.45) is 5.92 Å². The molecule has 0 N–H and O–H groups in total. The topological polar surface area (TPSA) is 84.7 Å². The molecule has 8 nitrogen and oxygen atoms in total. The Balaban J connectivity index is 1.45. The fraction of sp³-hybridized carbons (Fsp3) is 0.455. The zero-order chi connectivity index (χ0) is 22.0. The number of carbonyl (C=O) groups excluding carboxylic acids is 3. The number of hydrogen-bond donors (Lipinski definition) is 0. The van der Waals surface area contributed by atoms with Gasteiger partial charge in [-0.2, -0.15) is 5.10 Å². The van der Waals surface area contributed by atoms with Crippen LogP contribution >= 0.6 is 11.6 Å². The summed E-state index contributed by atoms with van der Waals surface area (Å²) < 4.78 is 6.71. The van der Waals surface area contributed by atoms with E-state index < -0.39 is 0 Å². The van der Waals surface area contributed by atoms with E-state index in [-0.39, 0.29) is 29.4 Å². The molecule has 31 heavy (non-hydrogen) atoms. The van der Waals surface area contributed by atoms with Crippen LogP contribution in [0, 0.1) is 5.92 Å². The predicted octanol–water partition coefficient (Wildman–Crippen LogP) is 2.61. The summed E-state index contributed by atoms with van der Waals surface area (Å²) in [4.78, 5) is 41.4. The molecule has 2 aromatic rings. The van der Waals surface area contributed by atoms with Crippen LogP contribution < -0.4 is 0 Å². The molecule has 3 heterocycles. The second-order valence-electron chi connectivity index (χ2n) is 7.83. The Hall–Kier alpha value is -2.87. The highest BCUT2D eigenvalue weighted by Gasteiger charge is 2.33. The van der Waals surface area contributed by atoms with Crippen molar-refractivity contribution < 1.29 is 19.1 Å². The lowest BCUT2D eigenvalue weighted by atomic mass is 9.98. The lowest BCUT2D eigenvalue weighted by molar-refractivity contribution is -0.149. The second kappa shape index (κ2) is 9.09. The van der Waals surface area contributed by atoms with Crippen LogP contribution in [-0.4, -0.2) is 63.6 Å². The molecule has 2 aliphatic heterocycles. The van der Waals surface area contributed by atoms with Gasteiger partial charge >= 0.3 is 5.97 Å². The number of aromatic nitrogens is 2. The minimum atomic E-state index is -0.314. The van der Waals surface area contributed by atoms with E-state index in [2.05, 4.69) is 5.10 Å². The molecule has 0 aliphatic carbocycles. The Kier molecular flexibility index (Phi) is 6.27. The first kappa shape index (κ1) is 21.4. The van der Waals surface area contributed by atoms with Gasteiger partial charge in [0.05, 0.1) is 19.1 Å². The minimum absolute atomic E-state index is 0.157. The first-order valence-electron chi connectivity index (χ1n) is 10.5. The fourth-order valence-electron chi connectivity index (χ4n) is 4.08. The lowest BCUT2D eigenvalue weighted by Crippen LogP contribution is -2.43. The van der Waals surface area contributed by atoms with Crippen LogP contribution in [0.15, 0.2) is 30.3 Å². The molecule has 164 valence electrons. The molecule has 1 fully saturated rings. The summed E-state index contributed by atoms with van der Waals surface area (Å²) in [6.07, 6.45) is 1.44. The maximum atomic E-state index is 13.0. The zero-order valence-electron chi connectivity index (χ0n) is 17.4. The standard InChI is InChI=1S/C22H25ClN4O4/c1-2-31-22(30)16-4-3-9-25(14-16)20(28)18-12-19-21(29)26(10-11-27(19)24-18)13-15-5-7-17(23)8-6-15/h5-8,12,16H,2-4,9-11,13-14H2,1H3/t16-/m0/s1. The van der Waals surface area contributed by atoms with Crippen LogP contribution in [0.4, 0.5) is 0 Å². The second-order valence-corrected chi connectivity index (χ2v) is 8.27. The van der Waals surface area contributed by atoms with Gasteiger partial charge in [-0.3, -0.25) is 19.1 Å². The number of benzene rings is 1. The largest absolute Gasteiger partial charge is 0.466 e. The van der Waals surface area contributed by atoms with Gasteiger partial charge < -0.3 is 14.5 Å². The number of ether oxygens (including phenoxy) is 1. The molecule has 1 atom stereocenters. The Labute approximate surface area is 185 Å². The predicted molar refractivity (Wildman–Crippen MR) is 114 cm³/mol. The van der Waals surface area contributed by atoms with Crippen molar-refractivity contribution in [3.05, 3.63) is 52.3 Å². The van der Waals surface area contributed by atoms with Gasteiger partial charge in [-0.25, -0.2) is 0 Å².